The van der Waals surface area contributed by atoms with Crippen LogP contribution in [-0.4, -0.2) is 16.5 Å². The van der Waals surface area contributed by atoms with Gasteiger partial charge < -0.3 is 10.3 Å². The molecule has 0 spiro atoms. The van der Waals surface area contributed by atoms with Crippen LogP contribution in [0.15, 0.2) is 36.5 Å². The van der Waals surface area contributed by atoms with Crippen LogP contribution in [0.5, 0.6) is 0 Å². The molecule has 0 bridgehead atoms. The zero-order valence-corrected chi connectivity index (χ0v) is 11.1. The molecule has 1 aromatic carbocycles. The van der Waals surface area contributed by atoms with E-state index in [2.05, 4.69) is 52.5 Å². The predicted octanol–water partition coefficient (Wildman–Crippen LogP) is 3.40. The van der Waals surface area contributed by atoms with Crippen molar-refractivity contribution in [1.82, 2.24) is 15.3 Å². The number of hydrogen-bond acceptors (Lipinski definition) is 3. The summed E-state index contributed by atoms with van der Waals surface area (Å²) in [5, 5.41) is 4.56. The summed E-state index contributed by atoms with van der Waals surface area (Å²) in [6, 6.07) is 10.7. The first-order valence-corrected chi connectivity index (χ1v) is 6.92. The number of fused-ring (bicyclic) bond motifs is 1. The average Bonchev–Trinajstić information content (AvgIpc) is 3.02. The Bertz CT molecular complexity index is 621. The van der Waals surface area contributed by atoms with Gasteiger partial charge in [0.15, 0.2) is 0 Å². The highest BCUT2D eigenvalue weighted by molar-refractivity contribution is 7.22. The van der Waals surface area contributed by atoms with Gasteiger partial charge in [-0.1, -0.05) is 25.1 Å². The molecule has 0 atom stereocenters. The van der Waals surface area contributed by atoms with E-state index in [9.17, 15) is 0 Å². The molecule has 3 aromatic rings. The standard InChI is InChI=1S/C14H15N3S/c1-2-15-9-14-16-8-11(17-14)13-7-10-5-3-4-6-12(10)18-13/h3-8,15H,2,9H2,1H3,(H,16,17). The third kappa shape index (κ3) is 2.17. The Morgan fingerprint density at radius 2 is 2.22 bits per heavy atom. The fourth-order valence-electron chi connectivity index (χ4n) is 1.94. The molecule has 2 N–H and O–H groups in total. The van der Waals surface area contributed by atoms with Gasteiger partial charge in [0.2, 0.25) is 0 Å². The van der Waals surface area contributed by atoms with Gasteiger partial charge in [-0.2, -0.15) is 0 Å². The Morgan fingerprint density at radius 3 is 3.06 bits per heavy atom. The van der Waals surface area contributed by atoms with Crippen molar-refractivity contribution in [2.75, 3.05) is 6.54 Å². The fraction of sp³-hybridized carbons (Fsp3) is 0.214. The van der Waals surface area contributed by atoms with Crippen LogP contribution in [-0.2, 0) is 6.54 Å². The zero-order chi connectivity index (χ0) is 12.4. The average molecular weight is 257 g/mol. The minimum atomic E-state index is 0.793. The molecule has 0 saturated heterocycles. The minimum absolute atomic E-state index is 0.793. The van der Waals surface area contributed by atoms with E-state index in [4.69, 9.17) is 0 Å². The van der Waals surface area contributed by atoms with E-state index < -0.39 is 0 Å². The number of nitrogens with zero attached hydrogens (tertiary/aromatic N) is 1. The number of nitrogens with one attached hydrogen (secondary N) is 2. The monoisotopic (exact) mass is 257 g/mol. The lowest BCUT2D eigenvalue weighted by molar-refractivity contribution is 0.698. The van der Waals surface area contributed by atoms with E-state index in [1.807, 2.05) is 6.20 Å². The van der Waals surface area contributed by atoms with Gasteiger partial charge in [-0.3, -0.25) is 0 Å². The van der Waals surface area contributed by atoms with Crippen LogP contribution < -0.4 is 5.32 Å². The van der Waals surface area contributed by atoms with E-state index in [-0.39, 0.29) is 0 Å². The lowest BCUT2D eigenvalue weighted by Gasteiger charge is -1.96. The minimum Gasteiger partial charge on any atom is -0.340 e. The highest BCUT2D eigenvalue weighted by Crippen LogP contribution is 2.32. The summed E-state index contributed by atoms with van der Waals surface area (Å²) in [6.45, 7) is 3.84. The number of aromatic nitrogens is 2. The van der Waals surface area contributed by atoms with Crippen LogP contribution in [0.3, 0.4) is 0 Å². The van der Waals surface area contributed by atoms with E-state index in [1.54, 1.807) is 11.3 Å². The molecule has 0 aliphatic carbocycles. The highest BCUT2D eigenvalue weighted by Gasteiger charge is 2.06. The predicted molar refractivity (Wildman–Crippen MR) is 76.8 cm³/mol. The summed E-state index contributed by atoms with van der Waals surface area (Å²) in [6.07, 6.45) is 1.91. The molecule has 0 aliphatic rings. The molecule has 0 unspecified atom stereocenters. The molecule has 0 amide bonds. The van der Waals surface area contributed by atoms with Crippen molar-refractivity contribution in [1.29, 1.82) is 0 Å². The van der Waals surface area contributed by atoms with Gasteiger partial charge in [-0.05, 0) is 24.1 Å². The van der Waals surface area contributed by atoms with Gasteiger partial charge in [0.1, 0.15) is 5.82 Å². The van der Waals surface area contributed by atoms with Gasteiger partial charge in [0, 0.05) is 4.70 Å². The number of thiophene rings is 1. The van der Waals surface area contributed by atoms with Crippen molar-refractivity contribution >= 4 is 21.4 Å². The second-order valence-electron chi connectivity index (χ2n) is 4.17. The normalized spacial score (nSPS) is 11.2. The molecule has 2 aromatic heterocycles. The summed E-state index contributed by atoms with van der Waals surface area (Å²) < 4.78 is 1.32. The van der Waals surface area contributed by atoms with Gasteiger partial charge in [-0.25, -0.2) is 4.98 Å². The number of imidazole rings is 1. The summed E-state index contributed by atoms with van der Waals surface area (Å²) in [4.78, 5) is 8.99. The Labute approximate surface area is 110 Å². The molecule has 18 heavy (non-hydrogen) atoms. The molecular formula is C14H15N3S. The van der Waals surface area contributed by atoms with Gasteiger partial charge in [-0.15, -0.1) is 11.3 Å². The van der Waals surface area contributed by atoms with Crippen LogP contribution in [0.25, 0.3) is 20.7 Å². The van der Waals surface area contributed by atoms with Crippen LogP contribution in [0.4, 0.5) is 0 Å². The van der Waals surface area contributed by atoms with E-state index in [0.717, 1.165) is 24.6 Å². The van der Waals surface area contributed by atoms with Crippen molar-refractivity contribution in [3.63, 3.8) is 0 Å². The summed E-state index contributed by atoms with van der Waals surface area (Å²) in [7, 11) is 0. The van der Waals surface area contributed by atoms with Crippen molar-refractivity contribution in [3.05, 3.63) is 42.4 Å². The first-order valence-electron chi connectivity index (χ1n) is 6.10. The Kier molecular flexibility index (Phi) is 3.13. The maximum atomic E-state index is 4.39. The van der Waals surface area contributed by atoms with E-state index in [0.29, 0.717) is 0 Å². The Balaban J connectivity index is 1.91. The molecule has 0 aliphatic heterocycles. The topological polar surface area (TPSA) is 40.7 Å². The number of H-pyrrole nitrogens is 1. The zero-order valence-electron chi connectivity index (χ0n) is 10.2. The lowest BCUT2D eigenvalue weighted by Crippen LogP contribution is -2.12. The molecule has 0 saturated carbocycles. The van der Waals surface area contributed by atoms with Crippen LogP contribution in [0, 0.1) is 0 Å². The van der Waals surface area contributed by atoms with Crippen molar-refractivity contribution in [2.24, 2.45) is 0 Å². The number of aromatic amines is 1. The molecule has 2 heterocycles. The SMILES string of the molecule is CCNCc1ncc(-c2cc3ccccc3s2)[nH]1. The molecular weight excluding hydrogens is 242 g/mol. The van der Waals surface area contributed by atoms with Crippen molar-refractivity contribution in [3.8, 4) is 10.6 Å². The Hall–Kier alpha value is -1.65. The molecule has 92 valence electrons. The van der Waals surface area contributed by atoms with Crippen LogP contribution in [0.2, 0.25) is 0 Å². The van der Waals surface area contributed by atoms with E-state index in [1.165, 1.54) is 15.0 Å². The summed E-state index contributed by atoms with van der Waals surface area (Å²) in [5.74, 6) is 0.990. The molecule has 3 rings (SSSR count). The Morgan fingerprint density at radius 1 is 1.33 bits per heavy atom. The molecule has 0 radical (unpaired) electrons. The number of rotatable bonds is 4. The third-order valence-corrected chi connectivity index (χ3v) is 4.01. The second-order valence-corrected chi connectivity index (χ2v) is 5.26. The van der Waals surface area contributed by atoms with Crippen molar-refractivity contribution < 1.29 is 0 Å². The third-order valence-electron chi connectivity index (χ3n) is 2.86. The van der Waals surface area contributed by atoms with Gasteiger partial charge in [0.25, 0.3) is 0 Å². The van der Waals surface area contributed by atoms with E-state index >= 15 is 0 Å². The van der Waals surface area contributed by atoms with Crippen LogP contribution >= 0.6 is 11.3 Å². The quantitative estimate of drug-likeness (QED) is 0.752. The molecule has 4 heteroatoms. The maximum Gasteiger partial charge on any atom is 0.120 e. The summed E-state index contributed by atoms with van der Waals surface area (Å²) in [5.41, 5.74) is 1.10. The number of benzene rings is 1. The highest BCUT2D eigenvalue weighted by atomic mass is 32.1. The smallest absolute Gasteiger partial charge is 0.120 e. The van der Waals surface area contributed by atoms with Gasteiger partial charge >= 0.3 is 0 Å². The number of hydrogen-bond donors (Lipinski definition) is 2. The first-order chi connectivity index (χ1) is 8.86. The largest absolute Gasteiger partial charge is 0.340 e. The fourth-order valence-corrected chi connectivity index (χ4v) is 2.96. The summed E-state index contributed by atoms with van der Waals surface area (Å²) >= 11 is 1.80. The second kappa shape index (κ2) is 4.92. The maximum absolute atomic E-state index is 4.39. The lowest BCUT2D eigenvalue weighted by atomic mass is 10.2. The van der Waals surface area contributed by atoms with Crippen molar-refractivity contribution in [2.45, 2.75) is 13.5 Å². The molecule has 0 fully saturated rings. The first kappa shape index (κ1) is 11.4. The van der Waals surface area contributed by atoms with Crippen LogP contribution in [0.1, 0.15) is 12.7 Å². The van der Waals surface area contributed by atoms with Gasteiger partial charge in [0.05, 0.1) is 23.3 Å². The molecule has 3 nitrogen and oxygen atoms in total.